The van der Waals surface area contributed by atoms with Crippen LogP contribution < -0.4 is 5.32 Å². The maximum absolute atomic E-state index is 12.0. The third-order valence-corrected chi connectivity index (χ3v) is 5.76. The SMILES string of the molecule is CN(C(=O)CC(=O)NCC1CCCO1)C1CCS(=O)(=O)C1. The van der Waals surface area contributed by atoms with Crippen LogP contribution in [0.2, 0.25) is 0 Å². The van der Waals surface area contributed by atoms with E-state index in [0.29, 0.717) is 13.0 Å². The highest BCUT2D eigenvalue weighted by Gasteiger charge is 2.33. The molecule has 2 unspecified atom stereocenters. The van der Waals surface area contributed by atoms with Crippen molar-refractivity contribution >= 4 is 21.7 Å². The van der Waals surface area contributed by atoms with Crippen molar-refractivity contribution in [3.8, 4) is 0 Å². The number of nitrogens with zero attached hydrogens (tertiary/aromatic N) is 1. The van der Waals surface area contributed by atoms with Crippen molar-refractivity contribution in [3.63, 3.8) is 0 Å². The van der Waals surface area contributed by atoms with Gasteiger partial charge in [0, 0.05) is 26.2 Å². The number of carbonyl (C=O) groups excluding carboxylic acids is 2. The van der Waals surface area contributed by atoms with E-state index in [9.17, 15) is 18.0 Å². The Morgan fingerprint density at radius 1 is 1.33 bits per heavy atom. The molecule has 0 aromatic rings. The molecule has 0 radical (unpaired) electrons. The van der Waals surface area contributed by atoms with Gasteiger partial charge in [-0.3, -0.25) is 9.59 Å². The zero-order valence-electron chi connectivity index (χ0n) is 12.2. The molecule has 120 valence electrons. The van der Waals surface area contributed by atoms with Gasteiger partial charge in [-0.1, -0.05) is 0 Å². The van der Waals surface area contributed by atoms with E-state index in [-0.39, 0.29) is 41.9 Å². The molecule has 2 amide bonds. The van der Waals surface area contributed by atoms with Crippen molar-refractivity contribution in [2.24, 2.45) is 0 Å². The molecule has 2 aliphatic rings. The minimum Gasteiger partial charge on any atom is -0.376 e. The summed E-state index contributed by atoms with van der Waals surface area (Å²) in [5.74, 6) is -0.585. The Hall–Kier alpha value is -1.15. The first-order chi connectivity index (χ1) is 9.87. The van der Waals surface area contributed by atoms with Gasteiger partial charge >= 0.3 is 0 Å². The smallest absolute Gasteiger partial charge is 0.232 e. The van der Waals surface area contributed by atoms with Crippen molar-refractivity contribution in [1.29, 1.82) is 0 Å². The van der Waals surface area contributed by atoms with Crippen molar-refractivity contribution in [1.82, 2.24) is 10.2 Å². The quantitative estimate of drug-likeness (QED) is 0.678. The lowest BCUT2D eigenvalue weighted by Crippen LogP contribution is -2.41. The summed E-state index contributed by atoms with van der Waals surface area (Å²) in [7, 11) is -1.48. The van der Waals surface area contributed by atoms with Crippen LogP contribution in [0.4, 0.5) is 0 Å². The topological polar surface area (TPSA) is 92.8 Å². The molecule has 0 aromatic carbocycles. The number of amides is 2. The summed E-state index contributed by atoms with van der Waals surface area (Å²) in [4.78, 5) is 25.1. The fourth-order valence-electron chi connectivity index (χ4n) is 2.64. The molecule has 1 N–H and O–H groups in total. The second-order valence-corrected chi connectivity index (χ2v) is 7.91. The molecule has 0 aliphatic carbocycles. The average Bonchev–Trinajstić information content (AvgIpc) is 3.04. The van der Waals surface area contributed by atoms with Crippen LogP contribution in [0.25, 0.3) is 0 Å². The molecule has 7 nitrogen and oxygen atoms in total. The number of ether oxygens (including phenoxy) is 1. The van der Waals surface area contributed by atoms with Crippen LogP contribution in [-0.2, 0) is 24.2 Å². The molecular formula is C13H22N2O5S. The molecule has 2 aliphatic heterocycles. The van der Waals surface area contributed by atoms with Crippen molar-refractivity contribution < 1.29 is 22.7 Å². The second-order valence-electron chi connectivity index (χ2n) is 5.68. The lowest BCUT2D eigenvalue weighted by molar-refractivity contribution is -0.136. The normalized spacial score (nSPS) is 27.5. The first kappa shape index (κ1) is 16.2. The maximum Gasteiger partial charge on any atom is 0.232 e. The molecule has 2 fully saturated rings. The molecular weight excluding hydrogens is 296 g/mol. The molecule has 2 saturated heterocycles. The van der Waals surface area contributed by atoms with Crippen LogP contribution in [0.1, 0.15) is 25.7 Å². The van der Waals surface area contributed by atoms with Gasteiger partial charge in [-0.25, -0.2) is 8.42 Å². The van der Waals surface area contributed by atoms with Gasteiger partial charge in [0.1, 0.15) is 6.42 Å². The van der Waals surface area contributed by atoms with Crippen LogP contribution in [0.3, 0.4) is 0 Å². The molecule has 2 atom stereocenters. The van der Waals surface area contributed by atoms with Crippen LogP contribution >= 0.6 is 0 Å². The third kappa shape index (κ3) is 4.67. The first-order valence-electron chi connectivity index (χ1n) is 7.22. The minimum atomic E-state index is -3.03. The van der Waals surface area contributed by atoms with E-state index in [1.807, 2.05) is 0 Å². The monoisotopic (exact) mass is 318 g/mol. The Bertz CT molecular complexity index is 499. The second kappa shape index (κ2) is 6.74. The van der Waals surface area contributed by atoms with Gasteiger partial charge in [-0.15, -0.1) is 0 Å². The summed E-state index contributed by atoms with van der Waals surface area (Å²) < 4.78 is 28.2. The van der Waals surface area contributed by atoms with E-state index < -0.39 is 9.84 Å². The predicted molar refractivity (Wildman–Crippen MR) is 76.4 cm³/mol. The first-order valence-corrected chi connectivity index (χ1v) is 9.04. The van der Waals surface area contributed by atoms with Gasteiger partial charge in [0.05, 0.1) is 17.6 Å². The Balaban J connectivity index is 1.73. The summed E-state index contributed by atoms with van der Waals surface area (Å²) in [5.41, 5.74) is 0. The number of hydrogen-bond acceptors (Lipinski definition) is 5. The van der Waals surface area contributed by atoms with Crippen LogP contribution in [-0.4, -0.2) is 69.0 Å². The summed E-state index contributed by atoms with van der Waals surface area (Å²) in [6.07, 6.45) is 2.16. The highest BCUT2D eigenvalue weighted by atomic mass is 32.2. The maximum atomic E-state index is 12.0. The van der Waals surface area contributed by atoms with E-state index in [1.54, 1.807) is 7.05 Å². The number of sulfone groups is 1. The van der Waals surface area contributed by atoms with Gasteiger partial charge in [0.25, 0.3) is 0 Å². The molecule has 21 heavy (non-hydrogen) atoms. The number of nitrogens with one attached hydrogen (secondary N) is 1. The molecule has 0 saturated carbocycles. The lowest BCUT2D eigenvalue weighted by atomic mass is 10.2. The molecule has 0 spiro atoms. The Labute approximate surface area is 124 Å². The molecule has 2 heterocycles. The summed E-state index contributed by atoms with van der Waals surface area (Å²) >= 11 is 0. The van der Waals surface area contributed by atoms with Crippen LogP contribution in [0.5, 0.6) is 0 Å². The van der Waals surface area contributed by atoms with E-state index in [4.69, 9.17) is 4.74 Å². The zero-order valence-corrected chi connectivity index (χ0v) is 13.0. The Morgan fingerprint density at radius 3 is 2.67 bits per heavy atom. The Morgan fingerprint density at radius 2 is 2.10 bits per heavy atom. The van der Waals surface area contributed by atoms with Crippen LogP contribution in [0, 0.1) is 0 Å². The Kier molecular flexibility index (Phi) is 5.21. The molecule has 0 aromatic heterocycles. The van der Waals surface area contributed by atoms with E-state index in [0.717, 1.165) is 19.4 Å². The van der Waals surface area contributed by atoms with Gasteiger partial charge in [-0.2, -0.15) is 0 Å². The highest BCUT2D eigenvalue weighted by molar-refractivity contribution is 7.91. The van der Waals surface area contributed by atoms with Gasteiger partial charge < -0.3 is 15.0 Å². The van der Waals surface area contributed by atoms with Crippen molar-refractivity contribution in [2.45, 2.75) is 37.8 Å². The number of hydrogen-bond donors (Lipinski definition) is 1. The van der Waals surface area contributed by atoms with Gasteiger partial charge in [0.15, 0.2) is 9.84 Å². The van der Waals surface area contributed by atoms with Crippen molar-refractivity contribution in [3.05, 3.63) is 0 Å². The molecule has 8 heteroatoms. The van der Waals surface area contributed by atoms with E-state index in [1.165, 1.54) is 4.90 Å². The standard InChI is InChI=1S/C13H22N2O5S/c1-15(10-4-6-21(18,19)9-10)13(17)7-12(16)14-8-11-3-2-5-20-11/h10-11H,2-9H2,1H3,(H,14,16). The summed E-state index contributed by atoms with van der Waals surface area (Å²) in [5, 5.41) is 2.69. The van der Waals surface area contributed by atoms with Crippen molar-refractivity contribution in [2.75, 3.05) is 31.7 Å². The minimum absolute atomic E-state index is 0.00717. The molecule has 2 rings (SSSR count). The lowest BCUT2D eigenvalue weighted by Gasteiger charge is -2.23. The molecule has 0 bridgehead atoms. The van der Waals surface area contributed by atoms with Gasteiger partial charge in [-0.05, 0) is 19.3 Å². The predicted octanol–water partition coefficient (Wildman–Crippen LogP) is -0.683. The fraction of sp³-hybridized carbons (Fsp3) is 0.846. The third-order valence-electron chi connectivity index (χ3n) is 4.01. The summed E-state index contributed by atoms with van der Waals surface area (Å²) in [6.45, 7) is 1.14. The number of carbonyl (C=O) groups is 2. The van der Waals surface area contributed by atoms with E-state index >= 15 is 0 Å². The fourth-order valence-corrected chi connectivity index (χ4v) is 4.42. The highest BCUT2D eigenvalue weighted by Crippen LogP contribution is 2.17. The van der Waals surface area contributed by atoms with Crippen LogP contribution in [0.15, 0.2) is 0 Å². The zero-order chi connectivity index (χ0) is 15.5. The van der Waals surface area contributed by atoms with Gasteiger partial charge in [0.2, 0.25) is 11.8 Å². The van der Waals surface area contributed by atoms with E-state index in [2.05, 4.69) is 5.32 Å². The largest absolute Gasteiger partial charge is 0.376 e. The summed E-state index contributed by atoms with van der Waals surface area (Å²) in [6, 6.07) is -0.312. The number of rotatable bonds is 5. The average molecular weight is 318 g/mol.